The van der Waals surface area contributed by atoms with Crippen LogP contribution >= 0.6 is 0 Å². The Morgan fingerprint density at radius 3 is 2.43 bits per heavy atom. The van der Waals surface area contributed by atoms with Gasteiger partial charge in [0.15, 0.2) is 0 Å². The molecule has 0 spiro atoms. The molecule has 2 aromatic carbocycles. The highest BCUT2D eigenvalue weighted by Gasteiger charge is 2.22. The van der Waals surface area contributed by atoms with E-state index in [1.807, 2.05) is 24.3 Å². The Balaban J connectivity index is 2.27. The second-order valence-corrected chi connectivity index (χ2v) is 6.18. The lowest BCUT2D eigenvalue weighted by atomic mass is 10.0. The van der Waals surface area contributed by atoms with Crippen LogP contribution in [0.15, 0.2) is 42.5 Å². The van der Waals surface area contributed by atoms with E-state index < -0.39 is 0 Å². The molecule has 0 saturated heterocycles. The predicted molar refractivity (Wildman–Crippen MR) is 98.9 cm³/mol. The molecule has 0 aliphatic carbocycles. The fourth-order valence-electron chi connectivity index (χ4n) is 3.34. The molecule has 0 saturated carbocycles. The first-order valence-electron chi connectivity index (χ1n) is 9.01. The molecule has 23 heavy (non-hydrogen) atoms. The van der Waals surface area contributed by atoms with Crippen molar-refractivity contribution in [3.63, 3.8) is 0 Å². The van der Waals surface area contributed by atoms with Gasteiger partial charge < -0.3 is 4.90 Å². The highest BCUT2D eigenvalue weighted by Crippen LogP contribution is 2.22. The normalized spacial score (nSPS) is 12.3. The van der Waals surface area contributed by atoms with Gasteiger partial charge in [-0.2, -0.15) is 0 Å². The van der Waals surface area contributed by atoms with Crippen molar-refractivity contribution in [3.8, 4) is 0 Å². The largest absolute Gasteiger partial charge is 0.336 e. The number of nitrogens with zero attached hydrogens (tertiary/aromatic N) is 1. The highest BCUT2D eigenvalue weighted by atomic mass is 16.2. The third-order valence-corrected chi connectivity index (χ3v) is 4.67. The van der Waals surface area contributed by atoms with E-state index in [0.717, 1.165) is 35.7 Å². The van der Waals surface area contributed by atoms with Gasteiger partial charge in [-0.25, -0.2) is 0 Å². The summed E-state index contributed by atoms with van der Waals surface area (Å²) in [5.74, 6) is 0.174. The van der Waals surface area contributed by atoms with Crippen LogP contribution in [-0.2, 0) is 0 Å². The van der Waals surface area contributed by atoms with Crippen molar-refractivity contribution in [1.82, 2.24) is 4.90 Å². The summed E-state index contributed by atoms with van der Waals surface area (Å²) in [7, 11) is 0. The van der Waals surface area contributed by atoms with Crippen LogP contribution in [0.25, 0.3) is 10.8 Å². The molecule has 0 radical (unpaired) electrons. The molecular weight excluding hydrogens is 282 g/mol. The Labute approximate surface area is 140 Å². The van der Waals surface area contributed by atoms with Crippen molar-refractivity contribution in [2.24, 2.45) is 0 Å². The maximum Gasteiger partial charge on any atom is 0.254 e. The van der Waals surface area contributed by atoms with Crippen molar-refractivity contribution in [3.05, 3.63) is 48.0 Å². The lowest BCUT2D eigenvalue weighted by Gasteiger charge is -2.31. The first-order valence-corrected chi connectivity index (χ1v) is 9.01. The lowest BCUT2D eigenvalue weighted by molar-refractivity contribution is 0.0675. The van der Waals surface area contributed by atoms with Gasteiger partial charge in [-0.3, -0.25) is 4.79 Å². The van der Waals surface area contributed by atoms with Crippen molar-refractivity contribution in [2.45, 2.75) is 58.9 Å². The van der Waals surface area contributed by atoms with Crippen LogP contribution in [0.3, 0.4) is 0 Å². The first kappa shape index (κ1) is 17.5. The van der Waals surface area contributed by atoms with E-state index in [0.29, 0.717) is 6.04 Å². The topological polar surface area (TPSA) is 20.3 Å². The molecule has 1 unspecified atom stereocenters. The molecule has 2 aromatic rings. The monoisotopic (exact) mass is 311 g/mol. The molecule has 2 heteroatoms. The summed E-state index contributed by atoms with van der Waals surface area (Å²) in [6.45, 7) is 7.27. The molecule has 0 fully saturated rings. The maximum absolute atomic E-state index is 13.1. The van der Waals surface area contributed by atoms with Gasteiger partial charge >= 0.3 is 0 Å². The van der Waals surface area contributed by atoms with Gasteiger partial charge in [-0.1, -0.05) is 69.5 Å². The van der Waals surface area contributed by atoms with E-state index in [-0.39, 0.29) is 5.91 Å². The molecule has 2 rings (SSSR count). The van der Waals surface area contributed by atoms with Gasteiger partial charge in [-0.15, -0.1) is 0 Å². The van der Waals surface area contributed by atoms with Crippen LogP contribution < -0.4 is 0 Å². The van der Waals surface area contributed by atoms with Crippen LogP contribution in [0.4, 0.5) is 0 Å². The molecule has 1 atom stereocenters. The van der Waals surface area contributed by atoms with Crippen molar-refractivity contribution < 1.29 is 4.79 Å². The van der Waals surface area contributed by atoms with Gasteiger partial charge in [0.2, 0.25) is 0 Å². The number of rotatable bonds is 8. The molecule has 0 bridgehead atoms. The van der Waals surface area contributed by atoms with Gasteiger partial charge in [0, 0.05) is 18.2 Å². The van der Waals surface area contributed by atoms with Gasteiger partial charge in [-0.05, 0) is 36.6 Å². The van der Waals surface area contributed by atoms with Crippen molar-refractivity contribution >= 4 is 16.7 Å². The van der Waals surface area contributed by atoms with E-state index in [1.54, 1.807) is 0 Å². The first-order chi connectivity index (χ1) is 11.2. The number of carbonyl (C=O) groups is 1. The maximum atomic E-state index is 13.1. The Hall–Kier alpha value is -1.83. The van der Waals surface area contributed by atoms with Crippen LogP contribution in [0.1, 0.15) is 63.2 Å². The van der Waals surface area contributed by atoms with Gasteiger partial charge in [0.25, 0.3) is 5.91 Å². The summed E-state index contributed by atoms with van der Waals surface area (Å²) in [5, 5.41) is 2.19. The van der Waals surface area contributed by atoms with Crippen LogP contribution in [0, 0.1) is 0 Å². The molecule has 2 nitrogen and oxygen atoms in total. The third-order valence-electron chi connectivity index (χ3n) is 4.67. The smallest absolute Gasteiger partial charge is 0.254 e. The van der Waals surface area contributed by atoms with Gasteiger partial charge in [0.05, 0.1) is 0 Å². The van der Waals surface area contributed by atoms with Gasteiger partial charge in [0.1, 0.15) is 0 Å². The number of hydrogen-bond donors (Lipinski definition) is 0. The average Bonchev–Trinajstić information content (AvgIpc) is 2.60. The summed E-state index contributed by atoms with van der Waals surface area (Å²) in [4.78, 5) is 15.2. The summed E-state index contributed by atoms with van der Waals surface area (Å²) in [5.41, 5.74) is 0.832. The van der Waals surface area contributed by atoms with Crippen LogP contribution in [0.5, 0.6) is 0 Å². The van der Waals surface area contributed by atoms with E-state index >= 15 is 0 Å². The minimum atomic E-state index is 0.174. The molecule has 124 valence electrons. The summed E-state index contributed by atoms with van der Waals surface area (Å²) >= 11 is 0. The second kappa shape index (κ2) is 8.71. The number of hydrogen-bond acceptors (Lipinski definition) is 1. The number of unbranched alkanes of at least 4 members (excludes halogenated alkanes) is 2. The van der Waals surface area contributed by atoms with E-state index in [2.05, 4.69) is 43.9 Å². The summed E-state index contributed by atoms with van der Waals surface area (Å²) < 4.78 is 0. The minimum absolute atomic E-state index is 0.174. The molecular formula is C21H29NO. The number of amides is 1. The zero-order valence-electron chi connectivity index (χ0n) is 14.7. The molecule has 0 aromatic heterocycles. The zero-order valence-corrected chi connectivity index (χ0v) is 14.7. The van der Waals surface area contributed by atoms with E-state index in [9.17, 15) is 4.79 Å². The van der Waals surface area contributed by atoms with Crippen LogP contribution in [-0.4, -0.2) is 23.4 Å². The van der Waals surface area contributed by atoms with Crippen molar-refractivity contribution in [1.29, 1.82) is 0 Å². The second-order valence-electron chi connectivity index (χ2n) is 6.18. The lowest BCUT2D eigenvalue weighted by Crippen LogP contribution is -2.40. The third kappa shape index (κ3) is 4.13. The highest BCUT2D eigenvalue weighted by molar-refractivity contribution is 6.07. The quantitative estimate of drug-likeness (QED) is 0.576. The Morgan fingerprint density at radius 1 is 1.00 bits per heavy atom. The van der Waals surface area contributed by atoms with Crippen LogP contribution in [0.2, 0.25) is 0 Å². The molecule has 0 N–H and O–H groups in total. The summed E-state index contributed by atoms with van der Waals surface area (Å²) in [6.07, 6.45) is 5.80. The standard InChI is InChI=1S/C21H29NO/c1-4-7-8-14-18(5-2)22(6-3)21(23)20-16-11-13-17-12-9-10-15-19(17)20/h9-13,15-16,18H,4-8,14H2,1-3H3. The molecule has 0 heterocycles. The fraction of sp³-hybridized carbons (Fsp3) is 0.476. The predicted octanol–water partition coefficient (Wildman–Crippen LogP) is 5.66. The zero-order chi connectivity index (χ0) is 16.7. The van der Waals surface area contributed by atoms with E-state index in [1.165, 1.54) is 19.3 Å². The average molecular weight is 311 g/mol. The minimum Gasteiger partial charge on any atom is -0.336 e. The number of fused-ring (bicyclic) bond motifs is 1. The number of carbonyl (C=O) groups excluding carboxylic acids is 1. The molecule has 0 aliphatic heterocycles. The van der Waals surface area contributed by atoms with Crippen molar-refractivity contribution in [2.75, 3.05) is 6.54 Å². The summed E-state index contributed by atoms with van der Waals surface area (Å²) in [6, 6.07) is 14.5. The fourth-order valence-corrected chi connectivity index (χ4v) is 3.34. The Morgan fingerprint density at radius 2 is 1.74 bits per heavy atom. The Kier molecular flexibility index (Phi) is 6.64. The SMILES string of the molecule is CCCCCC(CC)N(CC)C(=O)c1cccc2ccccc12. The van der Waals surface area contributed by atoms with E-state index in [4.69, 9.17) is 0 Å². The molecule has 1 amide bonds. The Bertz CT molecular complexity index is 629. The molecule has 0 aliphatic rings. The number of benzene rings is 2.